The number of likely N-dealkylation sites (tertiary alicyclic amines) is 1. The summed E-state index contributed by atoms with van der Waals surface area (Å²) in [4.78, 5) is 65.8. The molecule has 1 aromatic rings. The molecule has 1 spiro atoms. The summed E-state index contributed by atoms with van der Waals surface area (Å²) < 4.78 is 0. The van der Waals surface area contributed by atoms with Crippen molar-refractivity contribution in [1.82, 2.24) is 15.1 Å². The molecule has 5 amide bonds. The maximum Gasteiger partial charge on any atom is 0.407 e. The molecule has 10 heteroatoms. The third kappa shape index (κ3) is 3.03. The molecule has 2 N–H and O–H groups in total. The average Bonchev–Trinajstić information content (AvgIpc) is 2.89. The summed E-state index contributed by atoms with van der Waals surface area (Å²) in [5, 5.41) is 11.7. The highest BCUT2D eigenvalue weighted by atomic mass is 16.4. The van der Waals surface area contributed by atoms with Gasteiger partial charge in [0, 0.05) is 37.2 Å². The monoisotopic (exact) mass is 454 g/mol. The lowest BCUT2D eigenvalue weighted by atomic mass is 9.58. The summed E-state index contributed by atoms with van der Waals surface area (Å²) >= 11 is 0. The molecule has 4 aliphatic rings. The van der Waals surface area contributed by atoms with Crippen LogP contribution >= 0.6 is 0 Å². The number of nitrogens with one attached hydrogen (secondary N) is 1. The first-order chi connectivity index (χ1) is 15.4. The number of benzene rings is 1. The van der Waals surface area contributed by atoms with Gasteiger partial charge in [-0.2, -0.15) is 0 Å². The van der Waals surface area contributed by atoms with Crippen molar-refractivity contribution in [2.24, 2.45) is 10.8 Å². The van der Waals surface area contributed by atoms with E-state index in [4.69, 9.17) is 0 Å². The third-order valence-corrected chi connectivity index (χ3v) is 7.24. The Morgan fingerprint density at radius 1 is 1.06 bits per heavy atom. The lowest BCUT2D eigenvalue weighted by molar-refractivity contribution is -0.136. The standard InChI is InChI=1S/C23H26N4O6/c1-22(2,3)20-23(11-26(20)21(32)33)9-25(10-23)12-4-5-13-14(8-12)19(31)27(18(13)30)15-6-7-16(28)24-17(15)29/h4-5,8,15,20H,6-7,9-11H2,1-3H3,(H,32,33)(H,24,28,29). The molecule has 2 unspecified atom stereocenters. The zero-order chi connectivity index (χ0) is 23.9. The van der Waals surface area contributed by atoms with E-state index in [0.29, 0.717) is 19.6 Å². The van der Waals surface area contributed by atoms with Crippen molar-refractivity contribution in [1.29, 1.82) is 0 Å². The van der Waals surface area contributed by atoms with Gasteiger partial charge in [0.25, 0.3) is 11.8 Å². The van der Waals surface area contributed by atoms with Crippen molar-refractivity contribution in [2.75, 3.05) is 24.5 Å². The van der Waals surface area contributed by atoms with Crippen LogP contribution in [0.4, 0.5) is 10.5 Å². The Labute approximate surface area is 190 Å². The lowest BCUT2D eigenvalue weighted by Gasteiger charge is -2.68. The molecule has 0 aromatic heterocycles. The minimum absolute atomic E-state index is 0.0766. The topological polar surface area (TPSA) is 127 Å². The van der Waals surface area contributed by atoms with Crippen molar-refractivity contribution in [3.05, 3.63) is 29.3 Å². The highest BCUT2D eigenvalue weighted by Gasteiger charge is 2.64. The molecule has 0 radical (unpaired) electrons. The number of hydrogen-bond acceptors (Lipinski definition) is 6. The number of anilines is 1. The Morgan fingerprint density at radius 2 is 1.73 bits per heavy atom. The maximum atomic E-state index is 13.1. The van der Waals surface area contributed by atoms with Crippen LogP contribution < -0.4 is 10.2 Å². The SMILES string of the molecule is CC(C)(C)C1N(C(=O)O)CC12CN(c1ccc3c(c1)C(=O)N(C1CCC(=O)NC1=O)C3=O)C2. The average molecular weight is 454 g/mol. The van der Waals surface area contributed by atoms with Gasteiger partial charge in [0.2, 0.25) is 11.8 Å². The molecule has 3 fully saturated rings. The molecule has 0 aliphatic carbocycles. The van der Waals surface area contributed by atoms with E-state index < -0.39 is 35.8 Å². The van der Waals surface area contributed by atoms with E-state index in [1.165, 1.54) is 4.90 Å². The molecule has 0 saturated carbocycles. The van der Waals surface area contributed by atoms with Gasteiger partial charge in [0.1, 0.15) is 6.04 Å². The Balaban J connectivity index is 1.35. The van der Waals surface area contributed by atoms with E-state index in [9.17, 15) is 29.1 Å². The fourth-order valence-electron chi connectivity index (χ4n) is 6.12. The van der Waals surface area contributed by atoms with E-state index in [-0.39, 0.29) is 40.8 Å². The van der Waals surface area contributed by atoms with Crippen LogP contribution in [0.5, 0.6) is 0 Å². The van der Waals surface area contributed by atoms with Crippen molar-refractivity contribution in [2.45, 2.75) is 45.7 Å². The fourth-order valence-corrected chi connectivity index (χ4v) is 6.12. The molecule has 10 nitrogen and oxygen atoms in total. The van der Waals surface area contributed by atoms with Gasteiger partial charge in [0.15, 0.2) is 0 Å². The third-order valence-electron chi connectivity index (χ3n) is 7.24. The highest BCUT2D eigenvalue weighted by Crippen LogP contribution is 2.53. The molecule has 3 saturated heterocycles. The van der Waals surface area contributed by atoms with Gasteiger partial charge >= 0.3 is 6.09 Å². The van der Waals surface area contributed by atoms with Gasteiger partial charge < -0.3 is 14.9 Å². The molecule has 2 atom stereocenters. The number of piperidine rings is 1. The Kier molecular flexibility index (Phi) is 4.40. The largest absolute Gasteiger partial charge is 0.465 e. The predicted molar refractivity (Wildman–Crippen MR) is 116 cm³/mol. The summed E-state index contributed by atoms with van der Waals surface area (Å²) in [5.74, 6) is -2.10. The van der Waals surface area contributed by atoms with E-state index in [1.54, 1.807) is 18.2 Å². The van der Waals surface area contributed by atoms with E-state index in [1.807, 2.05) is 20.8 Å². The number of hydrogen-bond donors (Lipinski definition) is 2. The molecule has 33 heavy (non-hydrogen) atoms. The summed E-state index contributed by atoms with van der Waals surface area (Å²) in [6.07, 6.45) is -0.715. The first kappa shape index (κ1) is 21.4. The molecule has 5 rings (SSSR count). The lowest BCUT2D eigenvalue weighted by Crippen LogP contribution is -2.81. The van der Waals surface area contributed by atoms with Crippen LogP contribution in [0.2, 0.25) is 0 Å². The van der Waals surface area contributed by atoms with Gasteiger partial charge in [0.05, 0.1) is 17.2 Å². The fraction of sp³-hybridized carbons (Fsp3) is 0.522. The number of carbonyl (C=O) groups excluding carboxylic acids is 4. The summed E-state index contributed by atoms with van der Waals surface area (Å²) in [6, 6.07) is 3.97. The first-order valence-corrected chi connectivity index (χ1v) is 11.0. The Bertz CT molecular complexity index is 1120. The van der Waals surface area contributed by atoms with E-state index in [0.717, 1.165) is 10.6 Å². The number of rotatable bonds is 2. The summed E-state index contributed by atoms with van der Waals surface area (Å²) in [7, 11) is 0. The van der Waals surface area contributed by atoms with Crippen molar-refractivity contribution in [3.8, 4) is 0 Å². The number of amides is 5. The molecule has 174 valence electrons. The molecule has 4 aliphatic heterocycles. The van der Waals surface area contributed by atoms with Crippen LogP contribution in [0.25, 0.3) is 0 Å². The Morgan fingerprint density at radius 3 is 2.33 bits per heavy atom. The normalized spacial score (nSPS) is 26.2. The molecule has 4 heterocycles. The van der Waals surface area contributed by atoms with Gasteiger partial charge in [-0.15, -0.1) is 0 Å². The number of carbonyl (C=O) groups is 5. The smallest absolute Gasteiger partial charge is 0.407 e. The van der Waals surface area contributed by atoms with Crippen LogP contribution in [0.3, 0.4) is 0 Å². The molecular formula is C23H26N4O6. The quantitative estimate of drug-likeness (QED) is 0.645. The number of carboxylic acid groups (broad SMARTS) is 1. The second-order valence-corrected chi connectivity index (χ2v) is 10.6. The minimum Gasteiger partial charge on any atom is -0.465 e. The number of nitrogens with zero attached hydrogens (tertiary/aromatic N) is 3. The van der Waals surface area contributed by atoms with Gasteiger partial charge in [-0.05, 0) is 30.0 Å². The van der Waals surface area contributed by atoms with Crippen LogP contribution in [0.1, 0.15) is 54.3 Å². The molecular weight excluding hydrogens is 428 g/mol. The van der Waals surface area contributed by atoms with Crippen LogP contribution in [0.15, 0.2) is 18.2 Å². The second-order valence-electron chi connectivity index (χ2n) is 10.6. The van der Waals surface area contributed by atoms with E-state index >= 15 is 0 Å². The summed E-state index contributed by atoms with van der Waals surface area (Å²) in [5.41, 5.74) is 0.944. The second kappa shape index (κ2) is 6.79. The first-order valence-electron chi connectivity index (χ1n) is 11.0. The summed E-state index contributed by atoms with van der Waals surface area (Å²) in [6.45, 7) is 7.93. The number of fused-ring (bicyclic) bond motifs is 1. The van der Waals surface area contributed by atoms with Crippen molar-refractivity contribution >= 4 is 35.4 Å². The zero-order valence-corrected chi connectivity index (χ0v) is 18.8. The van der Waals surface area contributed by atoms with Crippen molar-refractivity contribution < 1.29 is 29.1 Å². The maximum absolute atomic E-state index is 13.1. The van der Waals surface area contributed by atoms with Gasteiger partial charge in [-0.3, -0.25) is 29.4 Å². The zero-order valence-electron chi connectivity index (χ0n) is 18.8. The number of imide groups is 2. The van der Waals surface area contributed by atoms with E-state index in [2.05, 4.69) is 10.2 Å². The molecule has 0 bridgehead atoms. The minimum atomic E-state index is -0.990. The van der Waals surface area contributed by atoms with Crippen LogP contribution in [-0.2, 0) is 9.59 Å². The van der Waals surface area contributed by atoms with Crippen LogP contribution in [-0.4, -0.2) is 76.3 Å². The van der Waals surface area contributed by atoms with Crippen molar-refractivity contribution in [3.63, 3.8) is 0 Å². The molecule has 1 aromatic carbocycles. The highest BCUT2D eigenvalue weighted by molar-refractivity contribution is 6.23. The van der Waals surface area contributed by atoms with Crippen LogP contribution in [0, 0.1) is 10.8 Å². The predicted octanol–water partition coefficient (Wildman–Crippen LogP) is 1.30. The van der Waals surface area contributed by atoms with Gasteiger partial charge in [-0.25, -0.2) is 4.79 Å². The Hall–Kier alpha value is -3.43. The van der Waals surface area contributed by atoms with Gasteiger partial charge in [-0.1, -0.05) is 20.8 Å².